The normalized spacial score (nSPS) is 16.0. The number of likely N-dealkylation sites (tertiary alicyclic amines) is 1. The predicted molar refractivity (Wildman–Crippen MR) is 119 cm³/mol. The first kappa shape index (κ1) is 22.5. The second kappa shape index (κ2) is 10.2. The molecular weight excluding hydrogens is 376 g/mol. The molecule has 0 radical (unpaired) electrons. The van der Waals surface area contributed by atoms with E-state index in [-0.39, 0.29) is 17.2 Å². The van der Waals surface area contributed by atoms with Crippen molar-refractivity contribution in [2.75, 3.05) is 19.6 Å². The van der Waals surface area contributed by atoms with E-state index in [9.17, 15) is 4.79 Å². The number of piperidine rings is 1. The van der Waals surface area contributed by atoms with Crippen LogP contribution in [-0.4, -0.2) is 40.6 Å². The van der Waals surface area contributed by atoms with Crippen molar-refractivity contribution in [3.63, 3.8) is 0 Å². The van der Waals surface area contributed by atoms with Gasteiger partial charge in [0, 0.05) is 18.0 Å². The van der Waals surface area contributed by atoms with Crippen molar-refractivity contribution < 1.29 is 9.32 Å². The van der Waals surface area contributed by atoms with E-state index in [2.05, 4.69) is 72.3 Å². The fourth-order valence-corrected chi connectivity index (χ4v) is 3.83. The Kier molecular flexibility index (Phi) is 7.64. The molecule has 1 aromatic carbocycles. The molecule has 1 aliphatic rings. The summed E-state index contributed by atoms with van der Waals surface area (Å²) < 4.78 is 5.49. The van der Waals surface area contributed by atoms with Crippen molar-refractivity contribution in [1.82, 2.24) is 20.4 Å². The van der Waals surface area contributed by atoms with Gasteiger partial charge in [-0.25, -0.2) is 0 Å². The molecule has 2 heterocycles. The fourth-order valence-electron chi connectivity index (χ4n) is 3.83. The Balaban J connectivity index is 1.47. The summed E-state index contributed by atoms with van der Waals surface area (Å²) in [7, 11) is 0. The number of benzene rings is 1. The minimum absolute atomic E-state index is 0.124. The summed E-state index contributed by atoms with van der Waals surface area (Å²) in [5.74, 6) is 1.60. The van der Waals surface area contributed by atoms with Gasteiger partial charge in [-0.2, -0.15) is 4.98 Å². The molecule has 1 aromatic heterocycles. The minimum atomic E-state index is 0.124. The molecule has 0 spiro atoms. The molecule has 0 aliphatic carbocycles. The Morgan fingerprint density at radius 1 is 1.17 bits per heavy atom. The van der Waals surface area contributed by atoms with Gasteiger partial charge in [0.2, 0.25) is 17.6 Å². The van der Waals surface area contributed by atoms with E-state index in [1.165, 1.54) is 18.4 Å². The van der Waals surface area contributed by atoms with Crippen molar-refractivity contribution in [2.45, 2.75) is 71.8 Å². The number of nitrogens with zero attached hydrogens (tertiary/aromatic N) is 3. The van der Waals surface area contributed by atoms with Crippen molar-refractivity contribution in [3.05, 3.63) is 35.7 Å². The summed E-state index contributed by atoms with van der Waals surface area (Å²) in [6.45, 7) is 12.0. The molecule has 3 rings (SSSR count). The van der Waals surface area contributed by atoms with Gasteiger partial charge < -0.3 is 9.84 Å². The second-order valence-electron chi connectivity index (χ2n) is 9.39. The highest BCUT2D eigenvalue weighted by atomic mass is 16.5. The van der Waals surface area contributed by atoms with E-state index in [4.69, 9.17) is 4.52 Å². The number of hydrogen-bond acceptors (Lipinski definition) is 5. The van der Waals surface area contributed by atoms with Gasteiger partial charge in [0.25, 0.3) is 0 Å². The lowest BCUT2D eigenvalue weighted by Crippen LogP contribution is -2.40. The van der Waals surface area contributed by atoms with Gasteiger partial charge in [-0.15, -0.1) is 0 Å². The molecule has 0 unspecified atom stereocenters. The molecule has 0 saturated carbocycles. The van der Waals surface area contributed by atoms with Gasteiger partial charge in [-0.05, 0) is 43.3 Å². The summed E-state index contributed by atoms with van der Waals surface area (Å²) in [4.78, 5) is 19.2. The smallest absolute Gasteiger partial charge is 0.241 e. The molecule has 6 nitrogen and oxygen atoms in total. The number of carbonyl (C=O) groups is 1. The molecule has 0 atom stereocenters. The SMILES string of the molecule is CCCCCNC(=O)C1CCN(Cc2nc(-c3ccc(C(C)(C)C)cc3)no2)CC1. The number of unbranched alkanes of at least 4 members (excludes halogenated alkanes) is 2. The van der Waals surface area contributed by atoms with Crippen LogP contribution in [0.2, 0.25) is 0 Å². The van der Waals surface area contributed by atoms with Gasteiger partial charge in [0.15, 0.2) is 0 Å². The molecule has 1 amide bonds. The lowest BCUT2D eigenvalue weighted by atomic mass is 9.87. The molecule has 2 aromatic rings. The van der Waals surface area contributed by atoms with Crippen LogP contribution < -0.4 is 5.32 Å². The Hall–Kier alpha value is -2.21. The molecule has 1 saturated heterocycles. The van der Waals surface area contributed by atoms with Crippen LogP contribution in [0.4, 0.5) is 0 Å². The van der Waals surface area contributed by atoms with Crippen molar-refractivity contribution in [2.24, 2.45) is 5.92 Å². The molecule has 0 bridgehead atoms. The molecular formula is C24H36N4O2. The van der Waals surface area contributed by atoms with E-state index in [1.807, 2.05) is 0 Å². The Labute approximate surface area is 180 Å². The Bertz CT molecular complexity index is 799. The van der Waals surface area contributed by atoms with Crippen molar-refractivity contribution in [1.29, 1.82) is 0 Å². The summed E-state index contributed by atoms with van der Waals surface area (Å²) >= 11 is 0. The van der Waals surface area contributed by atoms with Gasteiger partial charge in [-0.3, -0.25) is 9.69 Å². The van der Waals surface area contributed by atoms with E-state index >= 15 is 0 Å². The summed E-state index contributed by atoms with van der Waals surface area (Å²) in [5.41, 5.74) is 2.38. The maximum Gasteiger partial charge on any atom is 0.241 e. The Morgan fingerprint density at radius 2 is 1.87 bits per heavy atom. The van der Waals surface area contributed by atoms with Gasteiger partial charge in [0.05, 0.1) is 6.54 Å². The van der Waals surface area contributed by atoms with Crippen LogP contribution >= 0.6 is 0 Å². The predicted octanol–water partition coefficient (Wildman–Crippen LogP) is 4.55. The first-order valence-electron chi connectivity index (χ1n) is 11.3. The van der Waals surface area contributed by atoms with Crippen molar-refractivity contribution >= 4 is 5.91 Å². The van der Waals surface area contributed by atoms with E-state index < -0.39 is 0 Å². The zero-order valence-corrected chi connectivity index (χ0v) is 18.9. The summed E-state index contributed by atoms with van der Waals surface area (Å²) in [6, 6.07) is 8.37. The lowest BCUT2D eigenvalue weighted by molar-refractivity contribution is -0.126. The largest absolute Gasteiger partial charge is 0.356 e. The quantitative estimate of drug-likeness (QED) is 0.644. The molecule has 1 N–H and O–H groups in total. The topological polar surface area (TPSA) is 71.3 Å². The van der Waals surface area contributed by atoms with Crippen LogP contribution in [0.1, 0.15) is 71.3 Å². The van der Waals surface area contributed by atoms with Crippen LogP contribution in [0.25, 0.3) is 11.4 Å². The van der Waals surface area contributed by atoms with Crippen molar-refractivity contribution in [3.8, 4) is 11.4 Å². The maximum absolute atomic E-state index is 12.3. The average molecular weight is 413 g/mol. The van der Waals surface area contributed by atoms with Gasteiger partial charge >= 0.3 is 0 Å². The fraction of sp³-hybridized carbons (Fsp3) is 0.625. The van der Waals surface area contributed by atoms with E-state index in [0.717, 1.165) is 44.5 Å². The van der Waals surface area contributed by atoms with Crippen LogP contribution in [0, 0.1) is 5.92 Å². The van der Waals surface area contributed by atoms with Crippen LogP contribution in [0.5, 0.6) is 0 Å². The molecule has 1 aliphatic heterocycles. The van der Waals surface area contributed by atoms with Crippen LogP contribution in [-0.2, 0) is 16.8 Å². The van der Waals surface area contributed by atoms with Crippen LogP contribution in [0.15, 0.2) is 28.8 Å². The molecule has 30 heavy (non-hydrogen) atoms. The molecule has 164 valence electrons. The lowest BCUT2D eigenvalue weighted by Gasteiger charge is -2.30. The Morgan fingerprint density at radius 3 is 2.50 bits per heavy atom. The summed E-state index contributed by atoms with van der Waals surface area (Å²) in [5, 5.41) is 7.25. The zero-order valence-electron chi connectivity index (χ0n) is 18.9. The average Bonchev–Trinajstić information content (AvgIpc) is 3.19. The van der Waals surface area contributed by atoms with Crippen LogP contribution in [0.3, 0.4) is 0 Å². The molecule has 1 fully saturated rings. The number of rotatable bonds is 8. The molecule has 6 heteroatoms. The number of carbonyl (C=O) groups excluding carboxylic acids is 1. The van der Waals surface area contributed by atoms with Gasteiger partial charge in [-0.1, -0.05) is 70.0 Å². The van der Waals surface area contributed by atoms with E-state index in [0.29, 0.717) is 18.3 Å². The minimum Gasteiger partial charge on any atom is -0.356 e. The highest BCUT2D eigenvalue weighted by Gasteiger charge is 2.25. The first-order valence-corrected chi connectivity index (χ1v) is 11.3. The monoisotopic (exact) mass is 412 g/mol. The third-order valence-corrected chi connectivity index (χ3v) is 5.87. The number of aromatic nitrogens is 2. The number of amides is 1. The summed E-state index contributed by atoms with van der Waals surface area (Å²) in [6.07, 6.45) is 5.18. The maximum atomic E-state index is 12.3. The highest BCUT2D eigenvalue weighted by molar-refractivity contribution is 5.78. The van der Waals surface area contributed by atoms with Gasteiger partial charge in [0.1, 0.15) is 0 Å². The number of hydrogen-bond donors (Lipinski definition) is 1. The number of nitrogens with one attached hydrogen (secondary N) is 1. The third-order valence-electron chi connectivity index (χ3n) is 5.87. The third kappa shape index (κ3) is 6.14. The zero-order chi connectivity index (χ0) is 21.6. The van der Waals surface area contributed by atoms with E-state index in [1.54, 1.807) is 0 Å². The standard InChI is InChI=1S/C24H36N4O2/c1-5-6-7-14-25-23(29)19-12-15-28(16-13-19)17-21-26-22(27-30-21)18-8-10-20(11-9-18)24(2,3)4/h8-11,19H,5-7,12-17H2,1-4H3,(H,25,29). The second-order valence-corrected chi connectivity index (χ2v) is 9.39. The highest BCUT2D eigenvalue weighted by Crippen LogP contribution is 2.25. The first-order chi connectivity index (χ1) is 14.4.